The van der Waals surface area contributed by atoms with E-state index in [9.17, 15) is 10.2 Å². The fourth-order valence-electron chi connectivity index (χ4n) is 3.29. The molecule has 2 N–H and O–H groups in total. The van der Waals surface area contributed by atoms with Gasteiger partial charge in [-0.05, 0) is 69.3 Å². The second-order valence-corrected chi connectivity index (χ2v) is 16.2. The molecule has 6 heteroatoms. The Bertz CT molecular complexity index is 721. The molecule has 0 amide bonds. The fraction of sp³-hybridized carbons (Fsp3) is 0.720. The Labute approximate surface area is 195 Å². The van der Waals surface area contributed by atoms with Crippen molar-refractivity contribution in [2.75, 3.05) is 0 Å². The lowest BCUT2D eigenvalue weighted by atomic mass is 9.96. The Morgan fingerprint density at radius 2 is 1.90 bits per heavy atom. The summed E-state index contributed by atoms with van der Waals surface area (Å²) in [4.78, 5) is 4.44. The van der Waals surface area contributed by atoms with Gasteiger partial charge in [0.1, 0.15) is 0 Å². The predicted molar refractivity (Wildman–Crippen MR) is 137 cm³/mol. The SMILES string of the molecule is C/C=C\[C@@H](C)CCC[C@@H](O[Si](C)(C)C(C)(C)C)[C@H](O)C[C@H](O)/C(C)=C/c1csc(C)n1. The first-order valence-electron chi connectivity index (χ1n) is 11.5. The quantitative estimate of drug-likeness (QED) is 0.264. The molecule has 0 fully saturated rings. The number of rotatable bonds is 12. The smallest absolute Gasteiger partial charge is 0.192 e. The number of nitrogens with zero attached hydrogens (tertiary/aromatic N) is 1. The highest BCUT2D eigenvalue weighted by molar-refractivity contribution is 7.09. The van der Waals surface area contributed by atoms with Crippen molar-refractivity contribution < 1.29 is 14.6 Å². The minimum Gasteiger partial charge on any atom is -0.411 e. The van der Waals surface area contributed by atoms with Crippen molar-refractivity contribution in [3.8, 4) is 0 Å². The van der Waals surface area contributed by atoms with Gasteiger partial charge < -0.3 is 14.6 Å². The summed E-state index contributed by atoms with van der Waals surface area (Å²) in [5, 5.41) is 24.9. The molecule has 0 aliphatic rings. The maximum absolute atomic E-state index is 11.1. The van der Waals surface area contributed by atoms with Gasteiger partial charge in [-0.2, -0.15) is 0 Å². The summed E-state index contributed by atoms with van der Waals surface area (Å²) in [5.74, 6) is 0.521. The Morgan fingerprint density at radius 1 is 1.26 bits per heavy atom. The third kappa shape index (κ3) is 9.70. The molecule has 1 aromatic rings. The largest absolute Gasteiger partial charge is 0.411 e. The van der Waals surface area contributed by atoms with E-state index in [0.29, 0.717) is 5.92 Å². The van der Waals surface area contributed by atoms with Crippen LogP contribution >= 0.6 is 11.3 Å². The zero-order valence-corrected chi connectivity index (χ0v) is 22.9. The molecule has 0 unspecified atom stereocenters. The molecule has 0 aromatic carbocycles. The first-order chi connectivity index (χ1) is 14.3. The summed E-state index contributed by atoms with van der Waals surface area (Å²) in [6.07, 6.45) is 7.67. The van der Waals surface area contributed by atoms with Crippen LogP contribution in [0.4, 0.5) is 0 Å². The Kier molecular flexibility index (Phi) is 11.3. The maximum atomic E-state index is 11.1. The number of aliphatic hydroxyl groups excluding tert-OH is 2. The molecule has 0 aliphatic heterocycles. The highest BCUT2D eigenvalue weighted by Crippen LogP contribution is 2.38. The number of aromatic nitrogens is 1. The van der Waals surface area contributed by atoms with Gasteiger partial charge in [0.15, 0.2) is 8.32 Å². The van der Waals surface area contributed by atoms with Gasteiger partial charge in [-0.3, -0.25) is 0 Å². The second-order valence-electron chi connectivity index (χ2n) is 10.3. The van der Waals surface area contributed by atoms with E-state index in [4.69, 9.17) is 4.43 Å². The van der Waals surface area contributed by atoms with E-state index in [1.165, 1.54) is 0 Å². The molecule has 0 saturated carbocycles. The topological polar surface area (TPSA) is 62.6 Å². The lowest BCUT2D eigenvalue weighted by Gasteiger charge is -2.41. The zero-order chi connectivity index (χ0) is 23.8. The minimum atomic E-state index is -2.04. The third-order valence-electron chi connectivity index (χ3n) is 6.35. The molecule has 4 nitrogen and oxygen atoms in total. The number of hydrogen-bond donors (Lipinski definition) is 2. The van der Waals surface area contributed by atoms with E-state index < -0.39 is 20.5 Å². The molecule has 0 radical (unpaired) electrons. The summed E-state index contributed by atoms with van der Waals surface area (Å²) in [5.41, 5.74) is 1.68. The van der Waals surface area contributed by atoms with Crippen LogP contribution in [0.2, 0.25) is 18.1 Å². The van der Waals surface area contributed by atoms with Crippen LogP contribution in [-0.2, 0) is 4.43 Å². The molecule has 1 rings (SSSR count). The normalized spacial score (nSPS) is 17.7. The standard InChI is InChI=1S/C25H45NO3SSi/c1-10-12-18(2)13-11-14-24(29-31(8,9)25(5,6)7)23(28)16-22(27)19(3)15-21-17-30-20(4)26-21/h10,12,15,17-18,22-24,27-28H,11,13-14,16H2,1-9H3/b12-10-,19-15+/t18-,22+,23-,24-/m1/s1. The molecule has 1 heterocycles. The summed E-state index contributed by atoms with van der Waals surface area (Å²) in [7, 11) is -2.04. The van der Waals surface area contributed by atoms with Gasteiger partial charge in [0.2, 0.25) is 0 Å². The van der Waals surface area contributed by atoms with Crippen molar-refractivity contribution in [2.45, 2.75) is 111 Å². The molecular weight excluding hydrogens is 422 g/mol. The first kappa shape index (κ1) is 28.2. The number of aryl methyl sites for hydroxylation is 1. The van der Waals surface area contributed by atoms with Crippen LogP contribution in [0, 0.1) is 12.8 Å². The number of thiazole rings is 1. The van der Waals surface area contributed by atoms with Gasteiger partial charge in [0.05, 0.1) is 29.0 Å². The fourth-order valence-corrected chi connectivity index (χ4v) is 5.25. The van der Waals surface area contributed by atoms with Gasteiger partial charge >= 0.3 is 0 Å². The molecule has 4 atom stereocenters. The summed E-state index contributed by atoms with van der Waals surface area (Å²) in [6.45, 7) is 19.2. The van der Waals surface area contributed by atoms with Gasteiger partial charge in [-0.1, -0.05) is 46.3 Å². The van der Waals surface area contributed by atoms with Crippen LogP contribution in [0.15, 0.2) is 23.1 Å². The van der Waals surface area contributed by atoms with Gasteiger partial charge in [0.25, 0.3) is 0 Å². The average molecular weight is 468 g/mol. The van der Waals surface area contributed by atoms with Crippen LogP contribution in [-0.4, -0.2) is 41.8 Å². The molecule has 178 valence electrons. The van der Waals surface area contributed by atoms with E-state index in [1.54, 1.807) is 11.3 Å². The monoisotopic (exact) mass is 467 g/mol. The molecule has 0 aliphatic carbocycles. The Hall–Kier alpha value is -0.793. The van der Waals surface area contributed by atoms with Crippen LogP contribution in [0.5, 0.6) is 0 Å². The van der Waals surface area contributed by atoms with Crippen LogP contribution < -0.4 is 0 Å². The van der Waals surface area contributed by atoms with Crippen LogP contribution in [0.1, 0.15) is 77.9 Å². The van der Waals surface area contributed by atoms with E-state index >= 15 is 0 Å². The average Bonchev–Trinajstić information content (AvgIpc) is 3.04. The van der Waals surface area contributed by atoms with E-state index in [2.05, 4.69) is 57.9 Å². The van der Waals surface area contributed by atoms with Crippen molar-refractivity contribution >= 4 is 25.7 Å². The summed E-state index contributed by atoms with van der Waals surface area (Å²) < 4.78 is 6.64. The predicted octanol–water partition coefficient (Wildman–Crippen LogP) is 6.74. The van der Waals surface area contributed by atoms with E-state index in [-0.39, 0.29) is 17.6 Å². The van der Waals surface area contributed by atoms with Crippen LogP contribution in [0.3, 0.4) is 0 Å². The Balaban J connectivity index is 2.87. The van der Waals surface area contributed by atoms with Gasteiger partial charge in [-0.25, -0.2) is 4.98 Å². The molecule has 31 heavy (non-hydrogen) atoms. The van der Waals surface area contributed by atoms with Gasteiger partial charge in [-0.15, -0.1) is 11.3 Å². The summed E-state index contributed by atoms with van der Waals surface area (Å²) >= 11 is 1.59. The number of aliphatic hydroxyl groups is 2. The molecule has 1 aromatic heterocycles. The molecule has 0 saturated heterocycles. The molecule has 0 spiro atoms. The highest BCUT2D eigenvalue weighted by Gasteiger charge is 2.40. The van der Waals surface area contributed by atoms with Gasteiger partial charge in [0, 0.05) is 11.8 Å². The first-order valence-corrected chi connectivity index (χ1v) is 15.3. The third-order valence-corrected chi connectivity index (χ3v) is 11.6. The second kappa shape index (κ2) is 12.4. The zero-order valence-electron chi connectivity index (χ0n) is 21.1. The minimum absolute atomic E-state index is 0.0696. The van der Waals surface area contributed by atoms with Crippen molar-refractivity contribution in [1.29, 1.82) is 0 Å². The highest BCUT2D eigenvalue weighted by atomic mass is 32.1. The van der Waals surface area contributed by atoms with Crippen molar-refractivity contribution in [1.82, 2.24) is 4.98 Å². The molecule has 0 bridgehead atoms. The number of hydrogen-bond acceptors (Lipinski definition) is 5. The van der Waals surface area contributed by atoms with Crippen LogP contribution in [0.25, 0.3) is 6.08 Å². The molecular formula is C25H45NO3SSi. The Morgan fingerprint density at radius 3 is 2.42 bits per heavy atom. The summed E-state index contributed by atoms with van der Waals surface area (Å²) in [6, 6.07) is 0. The lowest BCUT2D eigenvalue weighted by molar-refractivity contribution is -0.00396. The number of allylic oxidation sites excluding steroid dienone is 2. The van der Waals surface area contributed by atoms with Crippen molar-refractivity contribution in [2.24, 2.45) is 5.92 Å². The van der Waals surface area contributed by atoms with Crippen molar-refractivity contribution in [3.63, 3.8) is 0 Å². The maximum Gasteiger partial charge on any atom is 0.192 e. The van der Waals surface area contributed by atoms with E-state index in [0.717, 1.165) is 35.5 Å². The van der Waals surface area contributed by atoms with Crippen molar-refractivity contribution in [3.05, 3.63) is 33.8 Å². The lowest BCUT2D eigenvalue weighted by Crippen LogP contribution is -2.47. The van der Waals surface area contributed by atoms with E-state index in [1.807, 2.05) is 32.2 Å².